The van der Waals surface area contributed by atoms with Crippen LogP contribution in [0.25, 0.3) is 10.8 Å². The fraction of sp³-hybridized carbons (Fsp3) is 0.100. The lowest BCUT2D eigenvalue weighted by Crippen LogP contribution is -1.94. The fourth-order valence-corrected chi connectivity index (χ4v) is 1.46. The molecule has 0 bridgehead atoms. The molecule has 76 valence electrons. The summed E-state index contributed by atoms with van der Waals surface area (Å²) >= 11 is 0. The van der Waals surface area contributed by atoms with E-state index in [-0.39, 0.29) is 5.69 Å². The smallest absolute Gasteiger partial charge is 0.295 e. The van der Waals surface area contributed by atoms with Gasteiger partial charge in [-0.3, -0.25) is 10.1 Å². The average Bonchev–Trinajstić information content (AvgIpc) is 2.27. The van der Waals surface area contributed by atoms with E-state index in [1.54, 1.807) is 24.3 Å². The van der Waals surface area contributed by atoms with Gasteiger partial charge in [0.05, 0.1) is 22.8 Å². The third kappa shape index (κ3) is 1.48. The molecular formula is C10H8N2O3. The maximum absolute atomic E-state index is 10.7. The van der Waals surface area contributed by atoms with Crippen molar-refractivity contribution >= 4 is 16.5 Å². The lowest BCUT2D eigenvalue weighted by atomic mass is 10.1. The Morgan fingerprint density at radius 2 is 2.00 bits per heavy atom. The van der Waals surface area contributed by atoms with Gasteiger partial charge >= 0.3 is 0 Å². The standard InChI is InChI=1S/C10H8N2O3/c1-15-10-8-5-3-2-4-7(8)9(6-11-10)12(13)14/h2-6H,1H3. The predicted molar refractivity (Wildman–Crippen MR) is 54.9 cm³/mol. The first-order valence-corrected chi connectivity index (χ1v) is 4.30. The molecule has 0 aliphatic heterocycles. The molecule has 0 saturated carbocycles. The van der Waals surface area contributed by atoms with Gasteiger partial charge in [0.1, 0.15) is 6.20 Å². The van der Waals surface area contributed by atoms with E-state index in [9.17, 15) is 10.1 Å². The molecular weight excluding hydrogens is 196 g/mol. The molecule has 0 radical (unpaired) electrons. The van der Waals surface area contributed by atoms with E-state index < -0.39 is 4.92 Å². The molecule has 1 aromatic carbocycles. The highest BCUT2D eigenvalue weighted by Crippen LogP contribution is 2.29. The summed E-state index contributed by atoms with van der Waals surface area (Å²) in [7, 11) is 1.49. The Hall–Kier alpha value is -2.17. The Labute approximate surface area is 85.5 Å². The van der Waals surface area contributed by atoms with Crippen LogP contribution in [0.15, 0.2) is 30.5 Å². The molecule has 0 unspecified atom stereocenters. The van der Waals surface area contributed by atoms with Crippen molar-refractivity contribution < 1.29 is 9.66 Å². The van der Waals surface area contributed by atoms with E-state index in [0.717, 1.165) is 0 Å². The van der Waals surface area contributed by atoms with Gasteiger partial charge in [-0.15, -0.1) is 0 Å². The van der Waals surface area contributed by atoms with E-state index in [1.807, 2.05) is 0 Å². The van der Waals surface area contributed by atoms with Gasteiger partial charge in [0.25, 0.3) is 5.69 Å². The second-order valence-corrected chi connectivity index (χ2v) is 2.96. The van der Waals surface area contributed by atoms with Crippen LogP contribution in [-0.4, -0.2) is 17.0 Å². The molecule has 5 nitrogen and oxygen atoms in total. The monoisotopic (exact) mass is 204 g/mol. The number of fused-ring (bicyclic) bond motifs is 1. The summed E-state index contributed by atoms with van der Waals surface area (Å²) in [6, 6.07) is 6.96. The van der Waals surface area contributed by atoms with E-state index >= 15 is 0 Å². The number of rotatable bonds is 2. The van der Waals surface area contributed by atoms with Crippen LogP contribution < -0.4 is 4.74 Å². The van der Waals surface area contributed by atoms with Gasteiger partial charge in [0.2, 0.25) is 5.88 Å². The van der Waals surface area contributed by atoms with Crippen molar-refractivity contribution in [3.8, 4) is 5.88 Å². The van der Waals surface area contributed by atoms with Gasteiger partial charge in [0, 0.05) is 0 Å². The van der Waals surface area contributed by atoms with Crippen molar-refractivity contribution in [3.63, 3.8) is 0 Å². The second kappa shape index (κ2) is 3.53. The Balaban J connectivity index is 2.83. The SMILES string of the molecule is COc1ncc([N+](=O)[O-])c2ccccc12. The van der Waals surface area contributed by atoms with E-state index in [0.29, 0.717) is 16.7 Å². The van der Waals surface area contributed by atoms with Crippen LogP contribution in [0.2, 0.25) is 0 Å². The third-order valence-corrected chi connectivity index (χ3v) is 2.13. The largest absolute Gasteiger partial charge is 0.481 e. The van der Waals surface area contributed by atoms with Crippen LogP contribution in [0.3, 0.4) is 0 Å². The number of benzene rings is 1. The van der Waals surface area contributed by atoms with Gasteiger partial charge in [-0.05, 0) is 12.1 Å². The van der Waals surface area contributed by atoms with E-state index in [2.05, 4.69) is 4.98 Å². The minimum atomic E-state index is -0.450. The highest BCUT2D eigenvalue weighted by molar-refractivity contribution is 5.93. The quantitative estimate of drug-likeness (QED) is 0.555. The van der Waals surface area contributed by atoms with Crippen LogP contribution in [-0.2, 0) is 0 Å². The molecule has 0 spiro atoms. The van der Waals surface area contributed by atoms with Crippen LogP contribution in [0.4, 0.5) is 5.69 Å². The van der Waals surface area contributed by atoms with E-state index in [4.69, 9.17) is 4.74 Å². The molecule has 5 heteroatoms. The highest BCUT2D eigenvalue weighted by atomic mass is 16.6. The zero-order valence-corrected chi connectivity index (χ0v) is 8.01. The van der Waals surface area contributed by atoms with Crippen molar-refractivity contribution in [1.82, 2.24) is 4.98 Å². The lowest BCUT2D eigenvalue weighted by molar-refractivity contribution is -0.383. The van der Waals surface area contributed by atoms with Crippen LogP contribution in [0, 0.1) is 10.1 Å². The first-order valence-electron chi connectivity index (χ1n) is 4.30. The van der Waals surface area contributed by atoms with Gasteiger partial charge < -0.3 is 4.74 Å². The Bertz CT molecular complexity index is 525. The second-order valence-electron chi connectivity index (χ2n) is 2.96. The minimum Gasteiger partial charge on any atom is -0.481 e. The maximum Gasteiger partial charge on any atom is 0.295 e. The molecule has 0 aliphatic rings. The average molecular weight is 204 g/mol. The predicted octanol–water partition coefficient (Wildman–Crippen LogP) is 2.15. The molecule has 15 heavy (non-hydrogen) atoms. The fourth-order valence-electron chi connectivity index (χ4n) is 1.46. The van der Waals surface area contributed by atoms with Crippen molar-refractivity contribution in [2.75, 3.05) is 7.11 Å². The molecule has 1 aromatic heterocycles. The maximum atomic E-state index is 10.7. The Morgan fingerprint density at radius 3 is 2.60 bits per heavy atom. The van der Waals surface area contributed by atoms with Crippen LogP contribution >= 0.6 is 0 Å². The number of methoxy groups -OCH3 is 1. The number of pyridine rings is 1. The number of hydrogen-bond donors (Lipinski definition) is 0. The Kier molecular flexibility index (Phi) is 2.21. The van der Waals surface area contributed by atoms with Crippen molar-refractivity contribution in [3.05, 3.63) is 40.6 Å². The van der Waals surface area contributed by atoms with Gasteiger partial charge in [-0.25, -0.2) is 4.98 Å². The number of nitrogens with zero attached hydrogens (tertiary/aromatic N) is 2. The molecule has 0 saturated heterocycles. The molecule has 0 fully saturated rings. The molecule has 0 atom stereocenters. The summed E-state index contributed by atoms with van der Waals surface area (Å²) in [6.07, 6.45) is 1.21. The summed E-state index contributed by atoms with van der Waals surface area (Å²) < 4.78 is 5.03. The van der Waals surface area contributed by atoms with Crippen LogP contribution in [0.5, 0.6) is 5.88 Å². The van der Waals surface area contributed by atoms with Crippen LogP contribution in [0.1, 0.15) is 0 Å². The lowest BCUT2D eigenvalue weighted by Gasteiger charge is -2.03. The minimum absolute atomic E-state index is 0.00796. The van der Waals surface area contributed by atoms with Gasteiger partial charge in [-0.1, -0.05) is 12.1 Å². The molecule has 0 amide bonds. The van der Waals surface area contributed by atoms with Crippen molar-refractivity contribution in [2.24, 2.45) is 0 Å². The van der Waals surface area contributed by atoms with Gasteiger partial charge in [0.15, 0.2) is 0 Å². The topological polar surface area (TPSA) is 65.3 Å². The summed E-state index contributed by atoms with van der Waals surface area (Å²) in [5, 5.41) is 11.9. The first kappa shape index (κ1) is 9.39. The zero-order valence-electron chi connectivity index (χ0n) is 8.01. The summed E-state index contributed by atoms with van der Waals surface area (Å²) in [5.41, 5.74) is -0.00796. The molecule has 0 N–H and O–H groups in total. The van der Waals surface area contributed by atoms with Crippen molar-refractivity contribution in [1.29, 1.82) is 0 Å². The molecule has 2 aromatic rings. The van der Waals surface area contributed by atoms with Crippen molar-refractivity contribution in [2.45, 2.75) is 0 Å². The number of aromatic nitrogens is 1. The normalized spacial score (nSPS) is 10.2. The Morgan fingerprint density at radius 1 is 1.33 bits per heavy atom. The zero-order chi connectivity index (χ0) is 10.8. The highest BCUT2D eigenvalue weighted by Gasteiger charge is 2.14. The third-order valence-electron chi connectivity index (χ3n) is 2.13. The van der Waals surface area contributed by atoms with Gasteiger partial charge in [-0.2, -0.15) is 0 Å². The van der Waals surface area contributed by atoms with E-state index in [1.165, 1.54) is 13.3 Å². The summed E-state index contributed by atoms with van der Waals surface area (Å²) in [4.78, 5) is 14.2. The number of hydrogen-bond acceptors (Lipinski definition) is 4. The molecule has 1 heterocycles. The summed E-state index contributed by atoms with van der Waals surface area (Å²) in [6.45, 7) is 0. The number of nitro groups is 1. The molecule has 2 rings (SSSR count). The molecule has 0 aliphatic carbocycles. The first-order chi connectivity index (χ1) is 7.24. The summed E-state index contributed by atoms with van der Waals surface area (Å²) in [5.74, 6) is 0.399. The number of ether oxygens (including phenoxy) is 1.